The standard InChI is InChI=1S/C12H16BrNO2/c1-7-5-10(6-8(2)11(7)13)14-9(3)12(15)16-4/h5-6,9,14H,1-4H3. The monoisotopic (exact) mass is 285 g/mol. The summed E-state index contributed by atoms with van der Waals surface area (Å²) in [6, 6.07) is 3.65. The second-order valence-electron chi connectivity index (χ2n) is 3.81. The van der Waals surface area contributed by atoms with Gasteiger partial charge in [0.15, 0.2) is 0 Å². The Hall–Kier alpha value is -1.03. The maximum absolute atomic E-state index is 11.3. The van der Waals surface area contributed by atoms with Gasteiger partial charge in [-0.2, -0.15) is 0 Å². The first kappa shape index (κ1) is 13.0. The lowest BCUT2D eigenvalue weighted by molar-refractivity contribution is -0.141. The molecule has 1 atom stereocenters. The Bertz CT molecular complexity index is 381. The van der Waals surface area contributed by atoms with Gasteiger partial charge in [0.05, 0.1) is 7.11 Å². The molecule has 4 heteroatoms. The van der Waals surface area contributed by atoms with Crippen molar-refractivity contribution in [1.82, 2.24) is 0 Å². The predicted molar refractivity (Wildman–Crippen MR) is 68.7 cm³/mol. The first-order valence-corrected chi connectivity index (χ1v) is 5.86. The summed E-state index contributed by atoms with van der Waals surface area (Å²) in [6.07, 6.45) is 0. The molecule has 0 saturated carbocycles. The van der Waals surface area contributed by atoms with Gasteiger partial charge in [0, 0.05) is 10.2 Å². The van der Waals surface area contributed by atoms with Gasteiger partial charge in [-0.1, -0.05) is 15.9 Å². The van der Waals surface area contributed by atoms with E-state index in [4.69, 9.17) is 0 Å². The third-order valence-corrected chi connectivity index (χ3v) is 3.63. The number of halogens is 1. The van der Waals surface area contributed by atoms with E-state index >= 15 is 0 Å². The van der Waals surface area contributed by atoms with Crippen LogP contribution in [0.25, 0.3) is 0 Å². The number of rotatable bonds is 3. The summed E-state index contributed by atoms with van der Waals surface area (Å²) < 4.78 is 5.76. The Labute approximate surface area is 104 Å². The summed E-state index contributed by atoms with van der Waals surface area (Å²) in [4.78, 5) is 11.3. The molecule has 1 rings (SSSR count). The molecule has 0 fully saturated rings. The maximum Gasteiger partial charge on any atom is 0.327 e. The lowest BCUT2D eigenvalue weighted by atomic mass is 10.1. The maximum atomic E-state index is 11.3. The number of carbonyl (C=O) groups is 1. The molecule has 3 nitrogen and oxygen atoms in total. The molecule has 0 aliphatic carbocycles. The van der Waals surface area contributed by atoms with E-state index in [2.05, 4.69) is 26.0 Å². The molecule has 0 heterocycles. The van der Waals surface area contributed by atoms with E-state index in [0.717, 1.165) is 21.3 Å². The molecule has 0 saturated heterocycles. The summed E-state index contributed by atoms with van der Waals surface area (Å²) in [5, 5.41) is 3.11. The van der Waals surface area contributed by atoms with Crippen molar-refractivity contribution in [2.45, 2.75) is 26.8 Å². The zero-order chi connectivity index (χ0) is 12.3. The van der Waals surface area contributed by atoms with Crippen molar-refractivity contribution in [3.8, 4) is 0 Å². The lowest BCUT2D eigenvalue weighted by Gasteiger charge is -2.15. The second kappa shape index (κ2) is 5.34. The van der Waals surface area contributed by atoms with Gasteiger partial charge in [0.25, 0.3) is 0 Å². The van der Waals surface area contributed by atoms with Gasteiger partial charge in [0.1, 0.15) is 6.04 Å². The quantitative estimate of drug-likeness (QED) is 0.868. The van der Waals surface area contributed by atoms with Crippen LogP contribution in [0.2, 0.25) is 0 Å². The van der Waals surface area contributed by atoms with Crippen molar-refractivity contribution in [1.29, 1.82) is 0 Å². The van der Waals surface area contributed by atoms with E-state index in [1.54, 1.807) is 6.92 Å². The molecule has 1 aromatic carbocycles. The van der Waals surface area contributed by atoms with Gasteiger partial charge in [-0.15, -0.1) is 0 Å². The number of benzene rings is 1. The first-order chi connectivity index (χ1) is 7.45. The smallest absolute Gasteiger partial charge is 0.327 e. The van der Waals surface area contributed by atoms with Gasteiger partial charge in [-0.05, 0) is 44.0 Å². The molecule has 1 unspecified atom stereocenters. The molecule has 16 heavy (non-hydrogen) atoms. The Morgan fingerprint density at radius 1 is 1.38 bits per heavy atom. The SMILES string of the molecule is COC(=O)C(C)Nc1cc(C)c(Br)c(C)c1. The molecule has 0 aromatic heterocycles. The summed E-state index contributed by atoms with van der Waals surface area (Å²) >= 11 is 3.50. The summed E-state index contributed by atoms with van der Waals surface area (Å²) in [7, 11) is 1.39. The van der Waals surface area contributed by atoms with Crippen LogP contribution in [-0.4, -0.2) is 19.1 Å². The lowest BCUT2D eigenvalue weighted by Crippen LogP contribution is -2.27. The normalized spacial score (nSPS) is 12.1. The first-order valence-electron chi connectivity index (χ1n) is 5.06. The topological polar surface area (TPSA) is 38.3 Å². The molecule has 0 aliphatic heterocycles. The second-order valence-corrected chi connectivity index (χ2v) is 4.61. The minimum Gasteiger partial charge on any atom is -0.467 e. The fraction of sp³-hybridized carbons (Fsp3) is 0.417. The Morgan fingerprint density at radius 2 is 1.88 bits per heavy atom. The molecular formula is C12H16BrNO2. The number of methoxy groups -OCH3 is 1. The fourth-order valence-electron chi connectivity index (χ4n) is 1.51. The largest absolute Gasteiger partial charge is 0.467 e. The van der Waals surface area contributed by atoms with Crippen molar-refractivity contribution in [3.05, 3.63) is 27.7 Å². The summed E-state index contributed by atoms with van der Waals surface area (Å²) in [5.74, 6) is -0.266. The van der Waals surface area contributed by atoms with Gasteiger partial charge >= 0.3 is 5.97 Å². The van der Waals surface area contributed by atoms with Crippen LogP contribution < -0.4 is 5.32 Å². The highest BCUT2D eigenvalue weighted by Crippen LogP contribution is 2.25. The molecule has 1 aromatic rings. The van der Waals surface area contributed by atoms with Gasteiger partial charge in [-0.25, -0.2) is 4.79 Å². The number of anilines is 1. The van der Waals surface area contributed by atoms with Crippen LogP contribution in [0.15, 0.2) is 16.6 Å². The van der Waals surface area contributed by atoms with Crippen LogP contribution in [0, 0.1) is 13.8 Å². The van der Waals surface area contributed by atoms with Gasteiger partial charge in [-0.3, -0.25) is 0 Å². The minimum atomic E-state index is -0.343. The van der Waals surface area contributed by atoms with E-state index in [-0.39, 0.29) is 12.0 Å². The van der Waals surface area contributed by atoms with Gasteiger partial charge in [0.2, 0.25) is 0 Å². The van der Waals surface area contributed by atoms with E-state index < -0.39 is 0 Å². The van der Waals surface area contributed by atoms with E-state index in [9.17, 15) is 4.79 Å². The molecule has 0 radical (unpaired) electrons. The Kier molecular flexibility index (Phi) is 4.35. The minimum absolute atomic E-state index is 0.266. The number of aryl methyl sites for hydroxylation is 2. The van der Waals surface area contributed by atoms with Crippen molar-refractivity contribution in [2.24, 2.45) is 0 Å². The number of hydrogen-bond acceptors (Lipinski definition) is 3. The van der Waals surface area contributed by atoms with Crippen molar-refractivity contribution < 1.29 is 9.53 Å². The van der Waals surface area contributed by atoms with E-state index in [0.29, 0.717) is 0 Å². The van der Waals surface area contributed by atoms with Crippen molar-refractivity contribution in [2.75, 3.05) is 12.4 Å². The highest BCUT2D eigenvalue weighted by Gasteiger charge is 2.13. The average Bonchev–Trinajstić information content (AvgIpc) is 2.24. The zero-order valence-corrected chi connectivity index (χ0v) is 11.5. The van der Waals surface area contributed by atoms with E-state index in [1.807, 2.05) is 26.0 Å². The number of carbonyl (C=O) groups excluding carboxylic acids is 1. The highest BCUT2D eigenvalue weighted by atomic mass is 79.9. The highest BCUT2D eigenvalue weighted by molar-refractivity contribution is 9.10. The molecule has 0 bridgehead atoms. The third-order valence-electron chi connectivity index (χ3n) is 2.37. The fourth-order valence-corrected chi connectivity index (χ4v) is 1.74. The molecule has 0 spiro atoms. The number of hydrogen-bond donors (Lipinski definition) is 1. The predicted octanol–water partition coefficient (Wildman–Crippen LogP) is 3.04. The van der Waals surface area contributed by atoms with E-state index in [1.165, 1.54) is 7.11 Å². The number of nitrogens with one attached hydrogen (secondary N) is 1. The molecule has 0 aliphatic rings. The van der Waals surface area contributed by atoms with Crippen LogP contribution in [0.1, 0.15) is 18.1 Å². The van der Waals surface area contributed by atoms with Crippen molar-refractivity contribution in [3.63, 3.8) is 0 Å². The third kappa shape index (κ3) is 2.98. The van der Waals surface area contributed by atoms with Gasteiger partial charge < -0.3 is 10.1 Å². The number of ether oxygens (including phenoxy) is 1. The molecule has 1 N–H and O–H groups in total. The molecular weight excluding hydrogens is 270 g/mol. The summed E-state index contributed by atoms with van der Waals surface area (Å²) in [5.41, 5.74) is 3.20. The molecule has 88 valence electrons. The van der Waals surface area contributed by atoms with Crippen molar-refractivity contribution >= 4 is 27.6 Å². The molecule has 0 amide bonds. The summed E-state index contributed by atoms with van der Waals surface area (Å²) in [6.45, 7) is 5.81. The number of esters is 1. The van der Waals surface area contributed by atoms with Crippen LogP contribution in [0.3, 0.4) is 0 Å². The van der Waals surface area contributed by atoms with Crippen LogP contribution >= 0.6 is 15.9 Å². The zero-order valence-electron chi connectivity index (χ0n) is 9.93. The Morgan fingerprint density at radius 3 is 2.31 bits per heavy atom. The van der Waals surface area contributed by atoms with Crippen LogP contribution in [0.5, 0.6) is 0 Å². The van der Waals surface area contributed by atoms with Crippen LogP contribution in [0.4, 0.5) is 5.69 Å². The Balaban J connectivity index is 2.86. The average molecular weight is 286 g/mol. The van der Waals surface area contributed by atoms with Crippen LogP contribution in [-0.2, 0) is 9.53 Å².